The normalized spacial score (nSPS) is 10.8. The lowest BCUT2D eigenvalue weighted by molar-refractivity contribution is -0.113. The van der Waals surface area contributed by atoms with Gasteiger partial charge in [-0.2, -0.15) is 4.98 Å². The summed E-state index contributed by atoms with van der Waals surface area (Å²) in [6.07, 6.45) is 0. The Balaban J connectivity index is 1.56. The van der Waals surface area contributed by atoms with E-state index in [0.29, 0.717) is 5.69 Å². The molecule has 0 aliphatic carbocycles. The Hall–Kier alpha value is -3.36. The van der Waals surface area contributed by atoms with E-state index in [1.807, 2.05) is 72.8 Å². The minimum Gasteiger partial charge on any atom is -0.493 e. The first-order valence-corrected chi connectivity index (χ1v) is 11.9. The summed E-state index contributed by atoms with van der Waals surface area (Å²) < 4.78 is 0.913. The van der Waals surface area contributed by atoms with Crippen LogP contribution in [-0.4, -0.2) is 26.7 Å². The predicted molar refractivity (Wildman–Crippen MR) is 134 cm³/mol. The molecule has 166 valence electrons. The Labute approximate surface area is 203 Å². The molecular weight excluding hydrogens is 502 g/mol. The molecule has 0 saturated carbocycles. The summed E-state index contributed by atoms with van der Waals surface area (Å²) in [4.78, 5) is 32.2. The average molecular weight is 522 g/mol. The maximum atomic E-state index is 13.0. The van der Waals surface area contributed by atoms with Crippen molar-refractivity contribution < 1.29 is 9.90 Å². The molecule has 0 unspecified atom stereocenters. The van der Waals surface area contributed by atoms with Crippen molar-refractivity contribution in [3.05, 3.63) is 116 Å². The third-order valence-corrected chi connectivity index (χ3v) is 6.34. The van der Waals surface area contributed by atoms with Crippen molar-refractivity contribution in [3.63, 3.8) is 0 Å². The molecule has 1 heterocycles. The summed E-state index contributed by atoms with van der Waals surface area (Å²) in [6.45, 7) is 0. The topological polar surface area (TPSA) is 95.1 Å². The van der Waals surface area contributed by atoms with Gasteiger partial charge in [0.25, 0.3) is 5.56 Å². The minimum atomic E-state index is -0.483. The van der Waals surface area contributed by atoms with Crippen molar-refractivity contribution in [1.29, 1.82) is 0 Å². The van der Waals surface area contributed by atoms with Crippen LogP contribution in [0, 0.1) is 0 Å². The van der Waals surface area contributed by atoms with E-state index in [0.717, 1.165) is 27.4 Å². The molecule has 0 fully saturated rings. The van der Waals surface area contributed by atoms with Crippen molar-refractivity contribution in [2.45, 2.75) is 11.1 Å². The second-order valence-electron chi connectivity index (χ2n) is 7.21. The molecule has 1 aromatic heterocycles. The highest BCUT2D eigenvalue weighted by Gasteiger charge is 2.25. The van der Waals surface area contributed by atoms with Crippen LogP contribution in [0.4, 0.5) is 5.69 Å². The lowest BCUT2D eigenvalue weighted by Crippen LogP contribution is -2.21. The van der Waals surface area contributed by atoms with Crippen LogP contribution in [0.3, 0.4) is 0 Å². The van der Waals surface area contributed by atoms with E-state index < -0.39 is 11.5 Å². The Bertz CT molecular complexity index is 1260. The van der Waals surface area contributed by atoms with Crippen LogP contribution < -0.4 is 10.9 Å². The summed E-state index contributed by atoms with van der Waals surface area (Å²) in [5, 5.41) is 13.7. The Morgan fingerprint density at radius 2 is 1.55 bits per heavy atom. The fourth-order valence-corrected chi connectivity index (χ4v) is 4.38. The molecule has 3 aromatic carbocycles. The molecule has 0 aliphatic rings. The molecule has 3 N–H and O–H groups in total. The first-order valence-electron chi connectivity index (χ1n) is 10.1. The third-order valence-electron chi connectivity index (χ3n) is 4.94. The number of aromatic amines is 1. The van der Waals surface area contributed by atoms with E-state index in [4.69, 9.17) is 0 Å². The van der Waals surface area contributed by atoms with Gasteiger partial charge in [0, 0.05) is 16.1 Å². The number of anilines is 1. The molecule has 1 amide bonds. The maximum Gasteiger partial charge on any atom is 0.259 e. The summed E-state index contributed by atoms with van der Waals surface area (Å²) in [7, 11) is 0. The number of amides is 1. The molecule has 6 nitrogen and oxygen atoms in total. The van der Waals surface area contributed by atoms with Crippen molar-refractivity contribution in [3.8, 4) is 5.88 Å². The van der Waals surface area contributed by atoms with Crippen molar-refractivity contribution in [2.75, 3.05) is 11.1 Å². The monoisotopic (exact) mass is 521 g/mol. The number of halogens is 1. The lowest BCUT2D eigenvalue weighted by Gasteiger charge is -2.18. The maximum absolute atomic E-state index is 13.0. The largest absolute Gasteiger partial charge is 0.493 e. The number of aromatic hydroxyl groups is 1. The molecule has 0 bridgehead atoms. The number of hydrogen-bond acceptors (Lipinski definition) is 5. The number of hydrogen-bond donors (Lipinski definition) is 3. The zero-order valence-corrected chi connectivity index (χ0v) is 19.8. The first kappa shape index (κ1) is 22.8. The highest BCUT2D eigenvalue weighted by Crippen LogP contribution is 2.34. The fourth-order valence-electron chi connectivity index (χ4n) is 3.46. The fraction of sp³-hybridized carbons (Fsp3) is 0.0800. The number of carbonyl (C=O) groups is 1. The molecule has 4 aromatic rings. The summed E-state index contributed by atoms with van der Waals surface area (Å²) in [5.41, 5.74) is 2.10. The highest BCUT2D eigenvalue weighted by atomic mass is 79.9. The zero-order chi connectivity index (χ0) is 23.2. The van der Waals surface area contributed by atoms with Crippen LogP contribution in [0.5, 0.6) is 5.88 Å². The van der Waals surface area contributed by atoms with Crippen LogP contribution in [0.15, 0.2) is 99.4 Å². The Morgan fingerprint density at radius 3 is 2.09 bits per heavy atom. The third kappa shape index (κ3) is 5.71. The molecule has 4 rings (SSSR count). The van der Waals surface area contributed by atoms with Crippen LogP contribution in [-0.2, 0) is 4.79 Å². The number of aromatic nitrogens is 2. The van der Waals surface area contributed by atoms with Crippen molar-refractivity contribution in [1.82, 2.24) is 9.97 Å². The van der Waals surface area contributed by atoms with Gasteiger partial charge < -0.3 is 15.4 Å². The molecule has 0 radical (unpaired) electrons. The molecule has 0 saturated heterocycles. The number of thioether (sulfide) groups is 1. The predicted octanol–water partition coefficient (Wildman–Crippen LogP) is 5.15. The number of nitrogens with one attached hydrogen (secondary N) is 2. The first-order chi connectivity index (χ1) is 16.0. The number of nitrogens with zero attached hydrogens (tertiary/aromatic N) is 1. The standard InChI is InChI=1S/C25H20BrN3O3S/c26-18-11-13-19(14-12-18)27-20(30)15-33-25-28-23(31)22(24(32)29-25)21(16-7-3-1-4-8-16)17-9-5-2-6-10-17/h1-14,21H,15H2,(H,27,30)(H2,28,29,31,32). The smallest absolute Gasteiger partial charge is 0.259 e. The molecular formula is C25H20BrN3O3S. The van der Waals surface area contributed by atoms with E-state index in [1.165, 1.54) is 0 Å². The molecule has 0 aliphatic heterocycles. The van der Waals surface area contributed by atoms with Gasteiger partial charge in [0.15, 0.2) is 5.16 Å². The second kappa shape index (κ2) is 10.5. The van der Waals surface area contributed by atoms with Gasteiger partial charge in [-0.3, -0.25) is 9.59 Å². The van der Waals surface area contributed by atoms with Gasteiger partial charge in [-0.1, -0.05) is 88.4 Å². The number of rotatable bonds is 7. The highest BCUT2D eigenvalue weighted by molar-refractivity contribution is 9.10. The van der Waals surface area contributed by atoms with E-state index in [1.54, 1.807) is 12.1 Å². The quantitative estimate of drug-likeness (QED) is 0.231. The van der Waals surface area contributed by atoms with Gasteiger partial charge in [-0.15, -0.1) is 0 Å². The average Bonchev–Trinajstić information content (AvgIpc) is 2.82. The van der Waals surface area contributed by atoms with Crippen LogP contribution in [0.25, 0.3) is 0 Å². The summed E-state index contributed by atoms with van der Waals surface area (Å²) in [6, 6.07) is 26.2. The zero-order valence-electron chi connectivity index (χ0n) is 17.4. The Kier molecular flexibility index (Phi) is 7.26. The van der Waals surface area contributed by atoms with Gasteiger partial charge in [0.1, 0.15) is 0 Å². The van der Waals surface area contributed by atoms with Crippen molar-refractivity contribution >= 4 is 39.3 Å². The van der Waals surface area contributed by atoms with Crippen LogP contribution in [0.2, 0.25) is 0 Å². The number of benzene rings is 3. The minimum absolute atomic E-state index is 0.0264. The molecule has 33 heavy (non-hydrogen) atoms. The lowest BCUT2D eigenvalue weighted by atomic mass is 9.86. The van der Waals surface area contributed by atoms with Crippen molar-refractivity contribution in [2.24, 2.45) is 0 Å². The SMILES string of the molecule is O=C(CSc1nc(O)c(C(c2ccccc2)c2ccccc2)c(=O)[nH]1)Nc1ccc(Br)cc1. The van der Waals surface area contributed by atoms with Crippen LogP contribution >= 0.6 is 27.7 Å². The van der Waals surface area contributed by atoms with Gasteiger partial charge in [0.2, 0.25) is 11.8 Å². The molecule has 0 atom stereocenters. The van der Waals surface area contributed by atoms with E-state index in [9.17, 15) is 14.7 Å². The summed E-state index contributed by atoms with van der Waals surface area (Å²) in [5.74, 6) is -1.06. The second-order valence-corrected chi connectivity index (χ2v) is 9.09. The van der Waals surface area contributed by atoms with Gasteiger partial charge in [0.05, 0.1) is 11.3 Å². The molecule has 8 heteroatoms. The van der Waals surface area contributed by atoms with E-state index >= 15 is 0 Å². The van der Waals surface area contributed by atoms with E-state index in [-0.39, 0.29) is 28.3 Å². The van der Waals surface area contributed by atoms with Gasteiger partial charge >= 0.3 is 0 Å². The van der Waals surface area contributed by atoms with Gasteiger partial charge in [-0.05, 0) is 35.4 Å². The summed E-state index contributed by atoms with van der Waals surface area (Å²) >= 11 is 4.39. The molecule has 0 spiro atoms. The number of H-pyrrole nitrogens is 1. The van der Waals surface area contributed by atoms with Crippen LogP contribution in [0.1, 0.15) is 22.6 Å². The van der Waals surface area contributed by atoms with E-state index in [2.05, 4.69) is 31.2 Å². The Morgan fingerprint density at radius 1 is 0.970 bits per heavy atom. The van der Waals surface area contributed by atoms with Gasteiger partial charge in [-0.25, -0.2) is 0 Å². The number of carbonyl (C=O) groups excluding carboxylic acids is 1.